The molecule has 0 saturated carbocycles. The van der Waals surface area contributed by atoms with E-state index in [0.29, 0.717) is 0 Å². The van der Waals surface area contributed by atoms with Crippen LogP contribution in [0.25, 0.3) is 0 Å². The average molecular weight is 343 g/mol. The van der Waals surface area contributed by atoms with Gasteiger partial charge in [-0.15, -0.1) is 23.1 Å². The lowest BCUT2D eigenvalue weighted by atomic mass is 10.2. The lowest BCUT2D eigenvalue weighted by molar-refractivity contribution is -0.136. The molecule has 1 heterocycles. The second-order valence-corrected chi connectivity index (χ2v) is 7.10. The molecule has 0 atom stereocenters. The first-order valence-corrected chi connectivity index (χ1v) is 7.96. The third kappa shape index (κ3) is 4.15. The normalized spacial score (nSPS) is 10.5. The predicted octanol–water partition coefficient (Wildman–Crippen LogP) is 4.43. The Morgan fingerprint density at radius 2 is 2.00 bits per heavy atom. The fourth-order valence-electron chi connectivity index (χ4n) is 1.47. The van der Waals surface area contributed by atoms with Gasteiger partial charge in [0.05, 0.1) is 10.2 Å². The van der Waals surface area contributed by atoms with Crippen LogP contribution in [0.4, 0.5) is 0 Å². The molecule has 0 aliphatic carbocycles. The summed E-state index contributed by atoms with van der Waals surface area (Å²) >= 11 is 6.88. The van der Waals surface area contributed by atoms with Crippen LogP contribution in [-0.4, -0.2) is 11.1 Å². The van der Waals surface area contributed by atoms with Crippen molar-refractivity contribution >= 4 is 45.0 Å². The van der Waals surface area contributed by atoms with Crippen molar-refractivity contribution in [3.63, 3.8) is 0 Å². The zero-order valence-electron chi connectivity index (χ0n) is 9.43. The number of thiophene rings is 1. The Kier molecular flexibility index (Phi) is 4.86. The van der Waals surface area contributed by atoms with Crippen LogP contribution in [0, 0.1) is 0 Å². The number of hydrogen-bond acceptors (Lipinski definition) is 3. The van der Waals surface area contributed by atoms with Gasteiger partial charge in [-0.2, -0.15) is 0 Å². The van der Waals surface area contributed by atoms with E-state index in [-0.39, 0.29) is 6.42 Å². The van der Waals surface area contributed by atoms with Crippen molar-refractivity contribution in [3.05, 3.63) is 50.6 Å². The number of carboxylic acid groups (broad SMARTS) is 1. The summed E-state index contributed by atoms with van der Waals surface area (Å²) in [7, 11) is 0. The predicted molar refractivity (Wildman–Crippen MR) is 79.4 cm³/mol. The molecule has 94 valence electrons. The standard InChI is InChI=1S/C13H11BrO2S2/c14-12-5-10(8-18-12)7-17-11-3-1-9(2-4-11)6-13(15)16/h1-5,8H,6-7H2,(H,15,16). The summed E-state index contributed by atoms with van der Waals surface area (Å²) in [6.07, 6.45) is 0.0857. The van der Waals surface area contributed by atoms with E-state index in [4.69, 9.17) is 5.11 Å². The fourth-order valence-corrected chi connectivity index (χ4v) is 3.61. The van der Waals surface area contributed by atoms with Gasteiger partial charge in [0.15, 0.2) is 0 Å². The summed E-state index contributed by atoms with van der Waals surface area (Å²) in [5.74, 6) is 0.138. The van der Waals surface area contributed by atoms with Gasteiger partial charge in [0, 0.05) is 10.6 Å². The lowest BCUT2D eigenvalue weighted by Gasteiger charge is -2.01. The molecule has 0 saturated heterocycles. The van der Waals surface area contributed by atoms with Crippen LogP contribution in [0.1, 0.15) is 11.1 Å². The molecule has 1 aromatic carbocycles. The summed E-state index contributed by atoms with van der Waals surface area (Å²) in [5, 5.41) is 10.8. The molecule has 0 radical (unpaired) electrons. The third-order valence-corrected chi connectivity index (χ3v) is 4.94. The van der Waals surface area contributed by atoms with Crippen LogP contribution >= 0.6 is 39.0 Å². The van der Waals surface area contributed by atoms with Crippen molar-refractivity contribution in [2.75, 3.05) is 0 Å². The minimum Gasteiger partial charge on any atom is -0.481 e. The first-order valence-electron chi connectivity index (χ1n) is 5.30. The van der Waals surface area contributed by atoms with Gasteiger partial charge in [0.1, 0.15) is 0 Å². The lowest BCUT2D eigenvalue weighted by Crippen LogP contribution is -1.99. The number of aliphatic carboxylic acids is 1. The van der Waals surface area contributed by atoms with Gasteiger partial charge in [0.25, 0.3) is 0 Å². The van der Waals surface area contributed by atoms with Crippen molar-refractivity contribution in [1.29, 1.82) is 0 Å². The van der Waals surface area contributed by atoms with Crippen molar-refractivity contribution in [2.24, 2.45) is 0 Å². The minimum absolute atomic E-state index is 0.0857. The molecule has 5 heteroatoms. The summed E-state index contributed by atoms with van der Waals surface area (Å²) in [5.41, 5.74) is 2.14. The van der Waals surface area contributed by atoms with Gasteiger partial charge < -0.3 is 5.11 Å². The highest BCUT2D eigenvalue weighted by molar-refractivity contribution is 9.11. The van der Waals surface area contributed by atoms with Crippen LogP contribution in [0.2, 0.25) is 0 Å². The molecule has 1 aromatic heterocycles. The van der Waals surface area contributed by atoms with E-state index in [0.717, 1.165) is 20.0 Å². The maximum Gasteiger partial charge on any atom is 0.307 e. The van der Waals surface area contributed by atoms with Crippen molar-refractivity contribution in [3.8, 4) is 0 Å². The number of benzene rings is 1. The van der Waals surface area contributed by atoms with Crippen LogP contribution < -0.4 is 0 Å². The Bertz CT molecular complexity index is 534. The summed E-state index contributed by atoms with van der Waals surface area (Å²) in [6.45, 7) is 0. The second kappa shape index (κ2) is 6.41. The number of carbonyl (C=O) groups is 1. The van der Waals surface area contributed by atoms with Crippen LogP contribution in [0.5, 0.6) is 0 Å². The molecular formula is C13H11BrO2S2. The Balaban J connectivity index is 1.92. The molecule has 0 aliphatic heterocycles. The molecular weight excluding hydrogens is 332 g/mol. The molecule has 1 N–H and O–H groups in total. The molecule has 0 aliphatic rings. The highest BCUT2D eigenvalue weighted by Crippen LogP contribution is 2.27. The fraction of sp³-hybridized carbons (Fsp3) is 0.154. The number of halogens is 1. The van der Waals surface area contributed by atoms with E-state index in [9.17, 15) is 4.79 Å². The van der Waals surface area contributed by atoms with Crippen LogP contribution in [0.3, 0.4) is 0 Å². The highest BCUT2D eigenvalue weighted by Gasteiger charge is 2.02. The van der Waals surface area contributed by atoms with Gasteiger partial charge >= 0.3 is 5.97 Å². The Hall–Kier alpha value is -0.780. The molecule has 0 fully saturated rings. The van der Waals surface area contributed by atoms with E-state index in [1.165, 1.54) is 5.56 Å². The number of thioether (sulfide) groups is 1. The van der Waals surface area contributed by atoms with E-state index in [1.54, 1.807) is 23.1 Å². The Labute approximate surface area is 122 Å². The van der Waals surface area contributed by atoms with Gasteiger partial charge in [-0.3, -0.25) is 4.79 Å². The zero-order chi connectivity index (χ0) is 13.0. The average Bonchev–Trinajstić information content (AvgIpc) is 2.74. The molecule has 2 rings (SSSR count). The molecule has 0 amide bonds. The largest absolute Gasteiger partial charge is 0.481 e. The molecule has 2 aromatic rings. The second-order valence-electron chi connectivity index (χ2n) is 3.76. The minimum atomic E-state index is -0.793. The van der Waals surface area contributed by atoms with Gasteiger partial charge in [-0.05, 0) is 50.6 Å². The maximum atomic E-state index is 10.6. The van der Waals surface area contributed by atoms with E-state index in [1.807, 2.05) is 24.3 Å². The summed E-state index contributed by atoms with van der Waals surface area (Å²) in [6, 6.07) is 9.82. The highest BCUT2D eigenvalue weighted by atomic mass is 79.9. The van der Waals surface area contributed by atoms with Crippen molar-refractivity contribution in [2.45, 2.75) is 17.1 Å². The Morgan fingerprint density at radius 1 is 1.28 bits per heavy atom. The van der Waals surface area contributed by atoms with Crippen LogP contribution in [-0.2, 0) is 17.0 Å². The Morgan fingerprint density at radius 3 is 2.56 bits per heavy atom. The number of hydrogen-bond donors (Lipinski definition) is 1. The van der Waals surface area contributed by atoms with Gasteiger partial charge in [-0.25, -0.2) is 0 Å². The number of rotatable bonds is 5. The topological polar surface area (TPSA) is 37.3 Å². The SMILES string of the molecule is O=C(O)Cc1ccc(SCc2csc(Br)c2)cc1. The van der Waals surface area contributed by atoms with Crippen molar-refractivity contribution in [1.82, 2.24) is 0 Å². The summed E-state index contributed by atoms with van der Waals surface area (Å²) < 4.78 is 1.15. The quantitative estimate of drug-likeness (QED) is 0.816. The van der Waals surface area contributed by atoms with Gasteiger partial charge in [0.2, 0.25) is 0 Å². The van der Waals surface area contributed by atoms with Crippen LogP contribution in [0.15, 0.2) is 44.4 Å². The van der Waals surface area contributed by atoms with E-state index in [2.05, 4.69) is 27.4 Å². The maximum absolute atomic E-state index is 10.6. The first kappa shape index (κ1) is 13.6. The first-order chi connectivity index (χ1) is 8.63. The van der Waals surface area contributed by atoms with Crippen molar-refractivity contribution < 1.29 is 9.90 Å². The number of carboxylic acids is 1. The van der Waals surface area contributed by atoms with E-state index < -0.39 is 5.97 Å². The van der Waals surface area contributed by atoms with Gasteiger partial charge in [-0.1, -0.05) is 12.1 Å². The zero-order valence-corrected chi connectivity index (χ0v) is 12.6. The molecule has 0 spiro atoms. The van der Waals surface area contributed by atoms with E-state index >= 15 is 0 Å². The monoisotopic (exact) mass is 342 g/mol. The molecule has 0 bridgehead atoms. The summed E-state index contributed by atoms with van der Waals surface area (Å²) in [4.78, 5) is 11.7. The smallest absolute Gasteiger partial charge is 0.307 e. The molecule has 0 unspecified atom stereocenters. The molecule has 18 heavy (non-hydrogen) atoms. The molecule has 2 nitrogen and oxygen atoms in total. The third-order valence-electron chi connectivity index (χ3n) is 2.31.